The van der Waals surface area contributed by atoms with Crippen LogP contribution in [-0.2, 0) is 4.79 Å². The van der Waals surface area contributed by atoms with Crippen LogP contribution in [0.4, 0.5) is 0 Å². The van der Waals surface area contributed by atoms with Crippen LogP contribution in [0.5, 0.6) is 0 Å². The second-order valence-electron chi connectivity index (χ2n) is 2.98. The maximum Gasteiger partial charge on any atom is 0.230 e. The molecule has 0 radical (unpaired) electrons. The fraction of sp³-hybridized carbons (Fsp3) is 0.833. The van der Waals surface area contributed by atoms with Crippen molar-refractivity contribution in [1.29, 1.82) is 0 Å². The van der Waals surface area contributed by atoms with Crippen LogP contribution in [0.15, 0.2) is 0 Å². The predicted octanol–water partition coefficient (Wildman–Crippen LogP) is 0.631. The van der Waals surface area contributed by atoms with Crippen molar-refractivity contribution in [2.45, 2.75) is 25.8 Å². The van der Waals surface area contributed by atoms with Gasteiger partial charge in [-0.15, -0.1) is 0 Å². The number of nitrogens with zero attached hydrogens (tertiary/aromatic N) is 1. The van der Waals surface area contributed by atoms with Crippen LogP contribution >= 0.6 is 0 Å². The van der Waals surface area contributed by atoms with Crippen molar-refractivity contribution < 1.29 is 9.72 Å². The Hall–Kier alpha value is -0.930. The van der Waals surface area contributed by atoms with E-state index in [9.17, 15) is 14.9 Å². The Balaban J connectivity index is 2.65. The van der Waals surface area contributed by atoms with E-state index < -0.39 is 5.54 Å². The van der Waals surface area contributed by atoms with Gasteiger partial charge in [0.2, 0.25) is 5.54 Å². The molecule has 0 spiro atoms. The molecule has 4 nitrogen and oxygen atoms in total. The molecule has 0 heterocycles. The summed E-state index contributed by atoms with van der Waals surface area (Å²) in [5.41, 5.74) is -0.939. The summed E-state index contributed by atoms with van der Waals surface area (Å²) in [7, 11) is 0. The molecule has 1 fully saturated rings. The normalized spacial score (nSPS) is 37.2. The Kier molecular flexibility index (Phi) is 1.28. The Labute approximate surface area is 58.4 Å². The summed E-state index contributed by atoms with van der Waals surface area (Å²) in [5.74, 6) is -0.401. The molecule has 0 N–H and O–H groups in total. The molecule has 1 saturated carbocycles. The van der Waals surface area contributed by atoms with Gasteiger partial charge in [0.05, 0.1) is 5.92 Å². The van der Waals surface area contributed by atoms with Crippen LogP contribution in [0.2, 0.25) is 0 Å². The molecule has 0 unspecified atom stereocenters. The van der Waals surface area contributed by atoms with E-state index in [4.69, 9.17) is 0 Å². The summed E-state index contributed by atoms with van der Waals surface area (Å²) in [6.07, 6.45) is 0.412. The molecule has 0 aromatic heterocycles. The number of Topliss-reactive ketones (excluding diaryl/α,β-unsaturated/α-hetero) is 1. The van der Waals surface area contributed by atoms with Gasteiger partial charge in [-0.3, -0.25) is 14.9 Å². The zero-order chi connectivity index (χ0) is 7.94. The Bertz CT molecular complexity index is 201. The smallest absolute Gasteiger partial charge is 0.230 e. The summed E-state index contributed by atoms with van der Waals surface area (Å²) in [6.45, 7) is 2.92. The molecule has 0 saturated heterocycles. The van der Waals surface area contributed by atoms with Crippen molar-refractivity contribution >= 4 is 5.78 Å². The highest BCUT2D eigenvalue weighted by atomic mass is 16.6. The zero-order valence-corrected chi connectivity index (χ0v) is 5.96. The summed E-state index contributed by atoms with van der Waals surface area (Å²) in [4.78, 5) is 20.5. The third kappa shape index (κ3) is 0.798. The third-order valence-corrected chi connectivity index (χ3v) is 2.12. The minimum absolute atomic E-state index is 0.0702. The lowest BCUT2D eigenvalue weighted by atomic mass is 10.2. The topological polar surface area (TPSA) is 60.2 Å². The van der Waals surface area contributed by atoms with E-state index in [0.717, 1.165) is 0 Å². The van der Waals surface area contributed by atoms with E-state index in [0.29, 0.717) is 6.42 Å². The Morgan fingerprint density at radius 3 is 2.40 bits per heavy atom. The van der Waals surface area contributed by atoms with E-state index in [1.807, 2.05) is 0 Å². The zero-order valence-electron chi connectivity index (χ0n) is 5.96. The Morgan fingerprint density at radius 2 is 2.30 bits per heavy atom. The van der Waals surface area contributed by atoms with Crippen LogP contribution in [0.3, 0.4) is 0 Å². The standard InChI is InChI=1S/C6H9NO3/c1-4(8)5-3-6(5,2)7(9)10/h5H,3H2,1-2H3/t5-,6+/m0/s1. The molecule has 0 amide bonds. The molecule has 1 aliphatic rings. The molecule has 4 heteroatoms. The SMILES string of the molecule is CC(=O)[C@@H]1C[C@@]1(C)[N+](=O)[O-]. The number of ketones is 1. The fourth-order valence-electron chi connectivity index (χ4n) is 1.14. The lowest BCUT2D eigenvalue weighted by molar-refractivity contribution is -0.536. The van der Waals surface area contributed by atoms with Gasteiger partial charge in [-0.25, -0.2) is 0 Å². The first-order chi connectivity index (χ1) is 4.48. The van der Waals surface area contributed by atoms with Gasteiger partial charge in [0.25, 0.3) is 0 Å². The maximum atomic E-state index is 10.6. The van der Waals surface area contributed by atoms with E-state index in [1.165, 1.54) is 13.8 Å². The molecule has 0 aliphatic heterocycles. The second kappa shape index (κ2) is 1.78. The van der Waals surface area contributed by atoms with Gasteiger partial charge in [0, 0.05) is 18.3 Å². The van der Waals surface area contributed by atoms with E-state index >= 15 is 0 Å². The Morgan fingerprint density at radius 1 is 1.80 bits per heavy atom. The molecule has 1 aliphatic carbocycles. The van der Waals surface area contributed by atoms with Crippen LogP contribution < -0.4 is 0 Å². The number of carbonyl (C=O) groups excluding carboxylic acids is 1. The number of hydrogen-bond donors (Lipinski definition) is 0. The van der Waals surface area contributed by atoms with Gasteiger partial charge in [-0.2, -0.15) is 0 Å². The van der Waals surface area contributed by atoms with Gasteiger partial charge in [0.1, 0.15) is 5.78 Å². The summed E-state index contributed by atoms with van der Waals surface area (Å²) >= 11 is 0. The van der Waals surface area contributed by atoms with Crippen LogP contribution in [0.25, 0.3) is 0 Å². The molecular formula is C6H9NO3. The first-order valence-corrected chi connectivity index (χ1v) is 3.13. The molecule has 0 bridgehead atoms. The van der Waals surface area contributed by atoms with Crippen molar-refractivity contribution in [3.8, 4) is 0 Å². The van der Waals surface area contributed by atoms with Crippen molar-refractivity contribution in [2.75, 3.05) is 0 Å². The van der Waals surface area contributed by atoms with E-state index in [1.54, 1.807) is 0 Å². The largest absolute Gasteiger partial charge is 0.299 e. The van der Waals surface area contributed by atoms with Gasteiger partial charge >= 0.3 is 0 Å². The minimum Gasteiger partial charge on any atom is -0.299 e. The van der Waals surface area contributed by atoms with E-state index in [-0.39, 0.29) is 16.6 Å². The monoisotopic (exact) mass is 143 g/mol. The lowest BCUT2D eigenvalue weighted by Crippen LogP contribution is -2.21. The molecular weight excluding hydrogens is 134 g/mol. The van der Waals surface area contributed by atoms with Gasteiger partial charge in [0.15, 0.2) is 0 Å². The van der Waals surface area contributed by atoms with Crippen LogP contribution in [-0.4, -0.2) is 16.2 Å². The molecule has 56 valence electrons. The van der Waals surface area contributed by atoms with Crippen LogP contribution in [0.1, 0.15) is 20.3 Å². The van der Waals surface area contributed by atoms with Gasteiger partial charge in [-0.1, -0.05) is 0 Å². The quantitative estimate of drug-likeness (QED) is 0.420. The van der Waals surface area contributed by atoms with E-state index in [2.05, 4.69) is 0 Å². The average Bonchev–Trinajstić information content (AvgIpc) is 2.43. The molecule has 0 aromatic rings. The first-order valence-electron chi connectivity index (χ1n) is 3.13. The minimum atomic E-state index is -0.939. The van der Waals surface area contributed by atoms with Crippen molar-refractivity contribution in [3.05, 3.63) is 10.1 Å². The number of hydrogen-bond acceptors (Lipinski definition) is 3. The molecule has 0 aromatic carbocycles. The average molecular weight is 143 g/mol. The highest BCUT2D eigenvalue weighted by molar-refractivity contribution is 5.82. The van der Waals surface area contributed by atoms with Crippen molar-refractivity contribution in [2.24, 2.45) is 5.92 Å². The summed E-state index contributed by atoms with van der Waals surface area (Å²) < 4.78 is 0. The highest BCUT2D eigenvalue weighted by Crippen LogP contribution is 2.46. The molecule has 10 heavy (non-hydrogen) atoms. The first kappa shape index (κ1) is 7.18. The molecule has 1 rings (SSSR count). The fourth-order valence-corrected chi connectivity index (χ4v) is 1.14. The highest BCUT2D eigenvalue weighted by Gasteiger charge is 2.64. The lowest BCUT2D eigenvalue weighted by Gasteiger charge is -1.97. The predicted molar refractivity (Wildman–Crippen MR) is 34.2 cm³/mol. The van der Waals surface area contributed by atoms with Crippen molar-refractivity contribution in [3.63, 3.8) is 0 Å². The number of nitro groups is 1. The second-order valence-corrected chi connectivity index (χ2v) is 2.98. The number of rotatable bonds is 2. The van der Waals surface area contributed by atoms with Crippen LogP contribution in [0, 0.1) is 16.0 Å². The maximum absolute atomic E-state index is 10.6. The summed E-state index contributed by atoms with van der Waals surface area (Å²) in [6, 6.07) is 0. The number of carbonyl (C=O) groups is 1. The van der Waals surface area contributed by atoms with Gasteiger partial charge in [-0.05, 0) is 6.92 Å². The van der Waals surface area contributed by atoms with Gasteiger partial charge < -0.3 is 0 Å². The van der Waals surface area contributed by atoms with Crippen molar-refractivity contribution in [1.82, 2.24) is 0 Å². The molecule has 2 atom stereocenters. The third-order valence-electron chi connectivity index (χ3n) is 2.12. The summed E-state index contributed by atoms with van der Waals surface area (Å²) in [5, 5.41) is 10.3.